The molecule has 1 aromatic carbocycles. The number of aromatic amines is 1. The van der Waals surface area contributed by atoms with Crippen molar-refractivity contribution in [2.75, 3.05) is 14.2 Å². The second kappa shape index (κ2) is 6.01. The number of para-hydroxylation sites is 2. The van der Waals surface area contributed by atoms with Gasteiger partial charge in [0.1, 0.15) is 5.82 Å². The second-order valence-electron chi connectivity index (χ2n) is 4.22. The van der Waals surface area contributed by atoms with E-state index in [-0.39, 0.29) is 0 Å². The lowest BCUT2D eigenvalue weighted by atomic mass is 10.3. The van der Waals surface area contributed by atoms with Crippen molar-refractivity contribution in [3.05, 3.63) is 36.2 Å². The molecule has 2 aromatic heterocycles. The minimum Gasteiger partial charge on any atom is -0.481 e. The predicted molar refractivity (Wildman–Crippen MR) is 80.8 cm³/mol. The first-order valence-corrected chi connectivity index (χ1v) is 7.30. The van der Waals surface area contributed by atoms with E-state index in [1.54, 1.807) is 20.3 Å². The number of ether oxygens (including phenoxy) is 2. The smallest absolute Gasteiger partial charge is 0.220 e. The zero-order chi connectivity index (χ0) is 14.7. The van der Waals surface area contributed by atoms with Crippen molar-refractivity contribution in [3.63, 3.8) is 0 Å². The van der Waals surface area contributed by atoms with Crippen molar-refractivity contribution in [1.82, 2.24) is 19.9 Å². The van der Waals surface area contributed by atoms with Gasteiger partial charge in [0.25, 0.3) is 0 Å². The number of aromatic nitrogens is 4. The van der Waals surface area contributed by atoms with Crippen LogP contribution in [0, 0.1) is 0 Å². The zero-order valence-corrected chi connectivity index (χ0v) is 12.5. The maximum atomic E-state index is 5.13. The lowest BCUT2D eigenvalue weighted by molar-refractivity contribution is 0.369. The Balaban J connectivity index is 1.77. The SMILES string of the molecule is COc1cc(OC)nc(CSc2nc3ccccc3[nH]2)n1. The number of fused-ring (bicyclic) bond motifs is 1. The quantitative estimate of drug-likeness (QED) is 0.730. The fraction of sp³-hybridized carbons (Fsp3) is 0.214. The van der Waals surface area contributed by atoms with Crippen molar-refractivity contribution >= 4 is 22.8 Å². The fourth-order valence-corrected chi connectivity index (χ4v) is 2.59. The lowest BCUT2D eigenvalue weighted by Crippen LogP contribution is -1.99. The van der Waals surface area contributed by atoms with Crippen molar-refractivity contribution < 1.29 is 9.47 Å². The van der Waals surface area contributed by atoms with Gasteiger partial charge in [-0.15, -0.1) is 0 Å². The Morgan fingerprint density at radius 1 is 1.05 bits per heavy atom. The summed E-state index contributed by atoms with van der Waals surface area (Å²) in [6.45, 7) is 0. The highest BCUT2D eigenvalue weighted by Gasteiger charge is 2.08. The third-order valence-corrected chi connectivity index (χ3v) is 3.72. The lowest BCUT2D eigenvalue weighted by Gasteiger charge is -2.05. The van der Waals surface area contributed by atoms with E-state index in [4.69, 9.17) is 9.47 Å². The van der Waals surface area contributed by atoms with Crippen molar-refractivity contribution in [2.45, 2.75) is 10.9 Å². The monoisotopic (exact) mass is 302 g/mol. The Kier molecular flexibility index (Phi) is 3.92. The molecule has 0 amide bonds. The van der Waals surface area contributed by atoms with Gasteiger partial charge in [-0.3, -0.25) is 0 Å². The summed E-state index contributed by atoms with van der Waals surface area (Å²) in [5, 5.41) is 0.835. The van der Waals surface area contributed by atoms with Gasteiger partial charge in [0, 0.05) is 0 Å². The first kappa shape index (κ1) is 13.7. The Bertz CT molecular complexity index is 704. The molecule has 0 saturated heterocycles. The average molecular weight is 302 g/mol. The van der Waals surface area contributed by atoms with Gasteiger partial charge < -0.3 is 14.5 Å². The normalized spacial score (nSPS) is 10.8. The van der Waals surface area contributed by atoms with Crippen LogP contribution in [0.3, 0.4) is 0 Å². The molecule has 7 heteroatoms. The molecule has 3 rings (SSSR count). The molecule has 0 atom stereocenters. The second-order valence-corrected chi connectivity index (χ2v) is 5.18. The molecule has 3 aromatic rings. The van der Waals surface area contributed by atoms with E-state index >= 15 is 0 Å². The molecule has 0 bridgehead atoms. The third-order valence-electron chi connectivity index (χ3n) is 2.85. The fourth-order valence-electron chi connectivity index (χ4n) is 1.85. The van der Waals surface area contributed by atoms with Crippen LogP contribution in [0.2, 0.25) is 0 Å². The topological polar surface area (TPSA) is 72.9 Å². The van der Waals surface area contributed by atoms with Gasteiger partial charge in [0.05, 0.1) is 37.1 Å². The van der Waals surface area contributed by atoms with Gasteiger partial charge in [-0.1, -0.05) is 23.9 Å². The molecule has 1 N–H and O–H groups in total. The largest absolute Gasteiger partial charge is 0.481 e. The number of thioether (sulfide) groups is 1. The molecule has 6 nitrogen and oxygen atoms in total. The highest BCUT2D eigenvalue weighted by Crippen LogP contribution is 2.23. The molecule has 0 spiro atoms. The third kappa shape index (κ3) is 3.08. The summed E-state index contributed by atoms with van der Waals surface area (Å²) in [6.07, 6.45) is 0. The van der Waals surface area contributed by atoms with Gasteiger partial charge in [0.2, 0.25) is 11.8 Å². The zero-order valence-electron chi connectivity index (χ0n) is 11.7. The first-order chi connectivity index (χ1) is 10.3. The van der Waals surface area contributed by atoms with E-state index < -0.39 is 0 Å². The minimum absolute atomic E-state index is 0.488. The summed E-state index contributed by atoms with van der Waals surface area (Å²) >= 11 is 1.53. The number of H-pyrrole nitrogens is 1. The van der Waals surface area contributed by atoms with Crippen LogP contribution in [0.1, 0.15) is 5.82 Å². The van der Waals surface area contributed by atoms with Crippen LogP contribution < -0.4 is 9.47 Å². The van der Waals surface area contributed by atoms with E-state index in [0.29, 0.717) is 23.3 Å². The number of nitrogens with one attached hydrogen (secondary N) is 1. The van der Waals surface area contributed by atoms with Gasteiger partial charge in [0.15, 0.2) is 5.16 Å². The van der Waals surface area contributed by atoms with Crippen LogP contribution in [0.4, 0.5) is 0 Å². The molecule has 0 unspecified atom stereocenters. The summed E-state index contributed by atoms with van der Waals surface area (Å²) < 4.78 is 10.3. The van der Waals surface area contributed by atoms with Crippen LogP contribution in [-0.2, 0) is 5.75 Å². The first-order valence-electron chi connectivity index (χ1n) is 6.32. The number of rotatable bonds is 5. The van der Waals surface area contributed by atoms with Crippen LogP contribution in [0.15, 0.2) is 35.5 Å². The number of hydrogen-bond donors (Lipinski definition) is 1. The maximum absolute atomic E-state index is 5.13. The number of methoxy groups -OCH3 is 2. The van der Waals surface area contributed by atoms with E-state index in [9.17, 15) is 0 Å². The van der Waals surface area contributed by atoms with Crippen LogP contribution in [0.25, 0.3) is 11.0 Å². The summed E-state index contributed by atoms with van der Waals surface area (Å²) in [5.74, 6) is 2.19. The molecular weight excluding hydrogens is 288 g/mol. The molecule has 0 aliphatic rings. The molecule has 108 valence electrons. The van der Waals surface area contributed by atoms with Gasteiger partial charge in [-0.25, -0.2) is 4.98 Å². The number of imidazole rings is 1. The molecule has 0 fully saturated rings. The number of hydrogen-bond acceptors (Lipinski definition) is 6. The Hall–Kier alpha value is -2.28. The van der Waals surface area contributed by atoms with Crippen molar-refractivity contribution in [1.29, 1.82) is 0 Å². The molecule has 0 aliphatic heterocycles. The Labute approximate surface area is 125 Å². The van der Waals surface area contributed by atoms with Gasteiger partial charge in [-0.05, 0) is 12.1 Å². The summed E-state index contributed by atoms with van der Waals surface area (Å²) in [6, 6.07) is 9.56. The van der Waals surface area contributed by atoms with Crippen LogP contribution >= 0.6 is 11.8 Å². The van der Waals surface area contributed by atoms with Gasteiger partial charge >= 0.3 is 0 Å². The maximum Gasteiger partial charge on any atom is 0.220 e. The van der Waals surface area contributed by atoms with Crippen LogP contribution in [0.5, 0.6) is 11.8 Å². The van der Waals surface area contributed by atoms with E-state index in [1.165, 1.54) is 11.8 Å². The molecule has 21 heavy (non-hydrogen) atoms. The standard InChI is InChI=1S/C14H14N4O2S/c1-19-12-7-13(20-2)18-11(17-12)8-21-14-15-9-5-3-4-6-10(9)16-14/h3-7H,8H2,1-2H3,(H,15,16). The van der Waals surface area contributed by atoms with E-state index in [2.05, 4.69) is 19.9 Å². The summed E-state index contributed by atoms with van der Waals surface area (Å²) in [7, 11) is 3.13. The molecule has 2 heterocycles. The number of benzene rings is 1. The Morgan fingerprint density at radius 2 is 1.76 bits per heavy atom. The van der Waals surface area contributed by atoms with Crippen molar-refractivity contribution in [2.24, 2.45) is 0 Å². The Morgan fingerprint density at radius 3 is 2.43 bits per heavy atom. The van der Waals surface area contributed by atoms with E-state index in [1.807, 2.05) is 24.3 Å². The molecular formula is C14H14N4O2S. The van der Waals surface area contributed by atoms with Gasteiger partial charge in [-0.2, -0.15) is 9.97 Å². The predicted octanol–water partition coefficient (Wildman–Crippen LogP) is 2.66. The molecule has 0 aliphatic carbocycles. The highest BCUT2D eigenvalue weighted by atomic mass is 32.2. The summed E-state index contributed by atoms with van der Waals surface area (Å²) in [4.78, 5) is 16.3. The van der Waals surface area contributed by atoms with Crippen LogP contribution in [-0.4, -0.2) is 34.2 Å². The van der Waals surface area contributed by atoms with E-state index in [0.717, 1.165) is 16.2 Å². The average Bonchev–Trinajstić information content (AvgIpc) is 2.95. The number of nitrogens with zero attached hydrogens (tertiary/aromatic N) is 3. The minimum atomic E-state index is 0.488. The molecule has 0 saturated carbocycles. The summed E-state index contributed by atoms with van der Waals surface area (Å²) in [5.41, 5.74) is 1.97. The van der Waals surface area contributed by atoms with Crippen molar-refractivity contribution in [3.8, 4) is 11.8 Å². The highest BCUT2D eigenvalue weighted by molar-refractivity contribution is 7.98. The molecule has 0 radical (unpaired) electrons.